The van der Waals surface area contributed by atoms with Gasteiger partial charge in [0.1, 0.15) is 5.75 Å². The number of pyridine rings is 1. The summed E-state index contributed by atoms with van der Waals surface area (Å²) in [6.45, 7) is 0. The van der Waals surface area contributed by atoms with Crippen molar-refractivity contribution in [2.24, 2.45) is 0 Å². The molecule has 0 N–H and O–H groups in total. The highest BCUT2D eigenvalue weighted by Gasteiger charge is 2.23. The lowest BCUT2D eigenvalue weighted by molar-refractivity contribution is 0.415. The molecular weight excluding hydrogens is 324 g/mol. The van der Waals surface area contributed by atoms with Gasteiger partial charge in [-0.05, 0) is 36.4 Å². The molecule has 5 nitrogen and oxygen atoms in total. The average Bonchev–Trinajstić information content (AvgIpc) is 2.96. The molecule has 24 heavy (non-hydrogen) atoms. The molecule has 0 spiro atoms. The van der Waals surface area contributed by atoms with Gasteiger partial charge in [0.15, 0.2) is 0 Å². The van der Waals surface area contributed by atoms with Gasteiger partial charge in [-0.2, -0.15) is 0 Å². The van der Waals surface area contributed by atoms with Gasteiger partial charge in [0, 0.05) is 23.2 Å². The lowest BCUT2D eigenvalue weighted by Crippen LogP contribution is -2.12. The van der Waals surface area contributed by atoms with Gasteiger partial charge in [0.2, 0.25) is 0 Å². The first-order chi connectivity index (χ1) is 11.6. The number of benzene rings is 2. The van der Waals surface area contributed by atoms with Crippen molar-refractivity contribution in [2.45, 2.75) is 4.90 Å². The zero-order chi connectivity index (χ0) is 16.7. The Kier molecular flexibility index (Phi) is 3.28. The Balaban J connectivity index is 2.15. The molecule has 0 bridgehead atoms. The maximum atomic E-state index is 13.2. The van der Waals surface area contributed by atoms with Crippen LogP contribution in [0.4, 0.5) is 0 Å². The second-order valence-electron chi connectivity index (χ2n) is 5.36. The van der Waals surface area contributed by atoms with Gasteiger partial charge >= 0.3 is 0 Å². The van der Waals surface area contributed by atoms with Crippen molar-refractivity contribution in [1.29, 1.82) is 0 Å². The zero-order valence-electron chi connectivity index (χ0n) is 12.9. The first-order valence-electron chi connectivity index (χ1n) is 7.36. The third-order valence-electron chi connectivity index (χ3n) is 4.01. The molecule has 2 aromatic heterocycles. The van der Waals surface area contributed by atoms with Crippen molar-refractivity contribution in [2.75, 3.05) is 7.11 Å². The van der Waals surface area contributed by atoms with Crippen molar-refractivity contribution in [3.05, 3.63) is 67.0 Å². The molecule has 2 heterocycles. The fraction of sp³-hybridized carbons (Fsp3) is 0.0556. The van der Waals surface area contributed by atoms with Crippen molar-refractivity contribution >= 4 is 31.8 Å². The molecule has 0 amide bonds. The van der Waals surface area contributed by atoms with Crippen molar-refractivity contribution in [1.82, 2.24) is 8.96 Å². The summed E-state index contributed by atoms with van der Waals surface area (Å²) in [6, 6.07) is 15.5. The summed E-state index contributed by atoms with van der Waals surface area (Å²) in [5.41, 5.74) is 1.19. The van der Waals surface area contributed by atoms with Crippen LogP contribution in [0.5, 0.6) is 5.75 Å². The Morgan fingerprint density at radius 1 is 0.958 bits per heavy atom. The predicted octanol–water partition coefficient (Wildman–Crippen LogP) is 3.44. The van der Waals surface area contributed by atoms with E-state index in [4.69, 9.17) is 4.74 Å². The number of methoxy groups -OCH3 is 1. The van der Waals surface area contributed by atoms with E-state index >= 15 is 0 Å². The first-order valence-corrected chi connectivity index (χ1v) is 8.80. The zero-order valence-corrected chi connectivity index (χ0v) is 13.7. The molecule has 4 rings (SSSR count). The Morgan fingerprint density at radius 3 is 2.46 bits per heavy atom. The molecule has 0 aliphatic carbocycles. The monoisotopic (exact) mass is 338 g/mol. The number of ether oxygens (including phenoxy) is 1. The molecule has 0 radical (unpaired) electrons. The van der Waals surface area contributed by atoms with Crippen LogP contribution in [-0.2, 0) is 10.0 Å². The minimum atomic E-state index is -3.72. The summed E-state index contributed by atoms with van der Waals surface area (Å²) in [7, 11) is -2.14. The van der Waals surface area contributed by atoms with Crippen LogP contribution in [0.25, 0.3) is 21.8 Å². The van der Waals surface area contributed by atoms with Crippen molar-refractivity contribution < 1.29 is 13.2 Å². The SMILES string of the molecule is COc1ccc2c(c1)c1cnccc1n2S(=O)(=O)c1ccccc1. The van der Waals surface area contributed by atoms with E-state index in [0.717, 1.165) is 10.8 Å². The number of fused-ring (bicyclic) bond motifs is 3. The quantitative estimate of drug-likeness (QED) is 0.574. The minimum Gasteiger partial charge on any atom is -0.497 e. The molecule has 0 aliphatic heterocycles. The highest BCUT2D eigenvalue weighted by atomic mass is 32.2. The maximum Gasteiger partial charge on any atom is 0.268 e. The summed E-state index contributed by atoms with van der Waals surface area (Å²) in [6.07, 6.45) is 3.27. The van der Waals surface area contributed by atoms with E-state index in [0.29, 0.717) is 16.8 Å². The van der Waals surface area contributed by atoms with Crippen LogP contribution in [0.1, 0.15) is 0 Å². The lowest BCUT2D eigenvalue weighted by atomic mass is 10.2. The summed E-state index contributed by atoms with van der Waals surface area (Å²) in [5.74, 6) is 0.669. The lowest BCUT2D eigenvalue weighted by Gasteiger charge is -2.09. The first kappa shape index (κ1) is 14.7. The van der Waals surface area contributed by atoms with E-state index in [2.05, 4.69) is 4.98 Å². The van der Waals surface area contributed by atoms with Crippen LogP contribution in [0.3, 0.4) is 0 Å². The van der Waals surface area contributed by atoms with Crippen molar-refractivity contribution in [3.63, 3.8) is 0 Å². The van der Waals surface area contributed by atoms with Crippen LogP contribution < -0.4 is 4.74 Å². The van der Waals surface area contributed by atoms with Crippen LogP contribution >= 0.6 is 0 Å². The topological polar surface area (TPSA) is 61.2 Å². The normalized spacial score (nSPS) is 11.9. The molecule has 0 unspecified atom stereocenters. The van der Waals surface area contributed by atoms with E-state index in [-0.39, 0.29) is 4.90 Å². The highest BCUT2D eigenvalue weighted by Crippen LogP contribution is 2.33. The Labute approximate surface area is 139 Å². The highest BCUT2D eigenvalue weighted by molar-refractivity contribution is 7.90. The fourth-order valence-electron chi connectivity index (χ4n) is 2.89. The summed E-state index contributed by atoms with van der Waals surface area (Å²) < 4.78 is 33.0. The smallest absolute Gasteiger partial charge is 0.268 e. The second kappa shape index (κ2) is 5.35. The molecule has 0 saturated heterocycles. The van der Waals surface area contributed by atoms with E-state index in [9.17, 15) is 8.42 Å². The van der Waals surface area contributed by atoms with Gasteiger partial charge in [0.05, 0.1) is 23.0 Å². The molecule has 6 heteroatoms. The molecular formula is C18H14N2O3S. The van der Waals surface area contributed by atoms with Crippen LogP contribution in [0.2, 0.25) is 0 Å². The predicted molar refractivity (Wildman–Crippen MR) is 92.8 cm³/mol. The fourth-order valence-corrected chi connectivity index (χ4v) is 4.44. The van der Waals surface area contributed by atoms with Gasteiger partial charge in [-0.25, -0.2) is 12.4 Å². The molecule has 2 aromatic carbocycles. The number of nitrogens with zero attached hydrogens (tertiary/aromatic N) is 2. The van der Waals surface area contributed by atoms with Crippen LogP contribution in [-0.4, -0.2) is 24.5 Å². The third kappa shape index (κ3) is 2.07. The van der Waals surface area contributed by atoms with Gasteiger partial charge in [-0.1, -0.05) is 18.2 Å². The number of rotatable bonds is 3. The Morgan fingerprint density at radius 2 is 1.71 bits per heavy atom. The summed E-state index contributed by atoms with van der Waals surface area (Å²) in [4.78, 5) is 4.38. The largest absolute Gasteiger partial charge is 0.497 e. The molecule has 0 fully saturated rings. The van der Waals surface area contributed by atoms with Gasteiger partial charge < -0.3 is 4.74 Å². The number of hydrogen-bond acceptors (Lipinski definition) is 4. The van der Waals surface area contributed by atoms with E-state index < -0.39 is 10.0 Å². The summed E-state index contributed by atoms with van der Waals surface area (Å²) in [5, 5.41) is 1.56. The molecule has 0 saturated carbocycles. The molecule has 0 aliphatic rings. The molecule has 0 atom stereocenters. The van der Waals surface area contributed by atoms with Gasteiger partial charge in [0.25, 0.3) is 10.0 Å². The van der Waals surface area contributed by atoms with E-state index in [1.165, 1.54) is 3.97 Å². The van der Waals surface area contributed by atoms with Gasteiger partial charge in [-0.3, -0.25) is 4.98 Å². The van der Waals surface area contributed by atoms with Crippen molar-refractivity contribution in [3.8, 4) is 5.75 Å². The Bertz CT molecular complexity index is 1150. The summed E-state index contributed by atoms with van der Waals surface area (Å²) >= 11 is 0. The van der Waals surface area contributed by atoms with Gasteiger partial charge in [-0.15, -0.1) is 0 Å². The number of hydrogen-bond donors (Lipinski definition) is 0. The third-order valence-corrected chi connectivity index (χ3v) is 5.75. The minimum absolute atomic E-state index is 0.247. The van der Waals surface area contributed by atoms with E-state index in [1.807, 2.05) is 6.07 Å². The standard InChI is InChI=1S/C18H14N2O3S/c1-23-13-7-8-17-15(11-13)16-12-19-10-9-18(16)20(17)24(21,22)14-5-3-2-4-6-14/h2-12H,1H3. The second-order valence-corrected chi connectivity index (χ2v) is 7.15. The van der Waals surface area contributed by atoms with E-state index in [1.54, 1.807) is 68.0 Å². The average molecular weight is 338 g/mol. The van der Waals surface area contributed by atoms with Crippen LogP contribution in [0.15, 0.2) is 71.9 Å². The molecule has 4 aromatic rings. The Hall–Kier alpha value is -2.86. The molecule has 120 valence electrons. The maximum absolute atomic E-state index is 13.2. The van der Waals surface area contributed by atoms with Crippen LogP contribution in [0, 0.1) is 0 Å². The number of aromatic nitrogens is 2.